The third-order valence-corrected chi connectivity index (χ3v) is 3.14. The number of aromatic nitrogens is 1. The molecule has 0 saturated heterocycles. The minimum absolute atomic E-state index is 0.0173. The van der Waals surface area contributed by atoms with E-state index in [2.05, 4.69) is 0 Å². The van der Waals surface area contributed by atoms with Crippen LogP contribution in [0.15, 0.2) is 30.5 Å². The molecule has 0 aliphatic carbocycles. The van der Waals surface area contributed by atoms with Gasteiger partial charge in [0.25, 0.3) is 0 Å². The van der Waals surface area contributed by atoms with Crippen LogP contribution >= 0.6 is 0 Å². The third-order valence-electron chi connectivity index (χ3n) is 1.35. The quantitative estimate of drug-likeness (QED) is 0.448. The molecule has 1 aromatic heterocycles. The maximum absolute atomic E-state index is 10.8. The second kappa shape index (κ2) is 2.11. The molecule has 0 bridgehead atoms. The number of nitrogens with zero attached hydrogens (tertiary/aromatic N) is 1. The minimum atomic E-state index is -0.0173. The van der Waals surface area contributed by atoms with Crippen molar-refractivity contribution in [2.75, 3.05) is 0 Å². The molecule has 2 aromatic rings. The van der Waals surface area contributed by atoms with Crippen molar-refractivity contribution in [3.05, 3.63) is 35.7 Å². The van der Waals surface area contributed by atoms with Crippen LogP contribution < -0.4 is 3.73 Å². The first kappa shape index (κ1) is 5.95. The Balaban J connectivity index is 2.88. The van der Waals surface area contributed by atoms with Crippen LogP contribution in [0.3, 0.4) is 0 Å². The van der Waals surface area contributed by atoms with E-state index in [9.17, 15) is 5.21 Å². The first-order valence-electron chi connectivity index (χ1n) is 2.94. The summed E-state index contributed by atoms with van der Waals surface area (Å²) < 4.78 is 2.20. The zero-order chi connectivity index (χ0) is 6.97. The summed E-state index contributed by atoms with van der Waals surface area (Å²) in [6, 6.07) is 7.89. The van der Waals surface area contributed by atoms with Crippen LogP contribution in [-0.2, 0) is 0 Å². The SMILES string of the molecule is [O-][n+]1cc2ccccc2[se]1. The van der Waals surface area contributed by atoms with Crippen molar-refractivity contribution in [1.29, 1.82) is 0 Å². The van der Waals surface area contributed by atoms with Gasteiger partial charge in [-0.05, 0) is 0 Å². The Kier molecular flexibility index (Phi) is 1.26. The molecule has 1 heterocycles. The van der Waals surface area contributed by atoms with Crippen LogP contribution in [0.2, 0.25) is 0 Å². The van der Waals surface area contributed by atoms with Gasteiger partial charge in [0, 0.05) is 0 Å². The zero-order valence-corrected chi connectivity index (χ0v) is 6.86. The molecular formula is C7H5NOSe. The van der Waals surface area contributed by atoms with E-state index >= 15 is 0 Å². The molecule has 0 fully saturated rings. The fourth-order valence-corrected chi connectivity index (χ4v) is 2.43. The van der Waals surface area contributed by atoms with Crippen LogP contribution in [0.25, 0.3) is 9.65 Å². The van der Waals surface area contributed by atoms with Gasteiger partial charge in [-0.25, -0.2) is 0 Å². The Morgan fingerprint density at radius 2 is 2.10 bits per heavy atom. The van der Waals surface area contributed by atoms with E-state index in [0.29, 0.717) is 0 Å². The number of benzene rings is 1. The molecule has 3 heteroatoms. The molecule has 0 saturated carbocycles. The molecule has 0 unspecified atom stereocenters. The van der Waals surface area contributed by atoms with Crippen LogP contribution in [0.1, 0.15) is 0 Å². The monoisotopic (exact) mass is 199 g/mol. The molecular weight excluding hydrogens is 193 g/mol. The Morgan fingerprint density at radius 1 is 1.30 bits per heavy atom. The van der Waals surface area contributed by atoms with E-state index in [1.54, 1.807) is 6.20 Å². The summed E-state index contributed by atoms with van der Waals surface area (Å²) in [7, 11) is 0. The summed E-state index contributed by atoms with van der Waals surface area (Å²) in [4.78, 5) is 0. The molecule has 2 nitrogen and oxygen atoms in total. The standard InChI is InChI=1S/C7H5NOSe/c9-8-5-6-3-1-2-4-7(6)10-8/h1-5H. The van der Waals surface area contributed by atoms with Gasteiger partial charge < -0.3 is 0 Å². The van der Waals surface area contributed by atoms with Gasteiger partial charge in [-0.15, -0.1) is 0 Å². The summed E-state index contributed by atoms with van der Waals surface area (Å²) in [5.74, 6) is 0. The number of hydrogen-bond acceptors (Lipinski definition) is 1. The number of hydrogen-bond donors (Lipinski definition) is 0. The zero-order valence-electron chi connectivity index (χ0n) is 5.15. The summed E-state index contributed by atoms with van der Waals surface area (Å²) in [5.41, 5.74) is 0. The fourth-order valence-electron chi connectivity index (χ4n) is 0.907. The van der Waals surface area contributed by atoms with E-state index in [0.717, 1.165) is 9.11 Å². The van der Waals surface area contributed by atoms with Crippen molar-refractivity contribution in [2.45, 2.75) is 0 Å². The molecule has 0 aliphatic heterocycles. The summed E-state index contributed by atoms with van der Waals surface area (Å²) in [6.45, 7) is 0. The molecule has 1 aromatic carbocycles. The summed E-state index contributed by atoms with van der Waals surface area (Å²) in [6.07, 6.45) is 1.65. The van der Waals surface area contributed by atoms with Crippen molar-refractivity contribution >= 4 is 24.4 Å². The van der Waals surface area contributed by atoms with Gasteiger partial charge >= 0.3 is 63.8 Å². The summed E-state index contributed by atoms with van der Waals surface area (Å²) >= 11 is -0.0173. The number of fused-ring (bicyclic) bond motifs is 1. The Hall–Kier alpha value is -0.791. The van der Waals surface area contributed by atoms with Gasteiger partial charge in [-0.3, -0.25) is 0 Å². The molecule has 0 spiro atoms. The maximum atomic E-state index is 10.8. The van der Waals surface area contributed by atoms with Gasteiger partial charge in [0.05, 0.1) is 0 Å². The molecule has 0 aliphatic rings. The average molecular weight is 198 g/mol. The van der Waals surface area contributed by atoms with Gasteiger partial charge in [0.2, 0.25) is 0 Å². The Morgan fingerprint density at radius 3 is 2.90 bits per heavy atom. The molecule has 0 atom stereocenters. The van der Waals surface area contributed by atoms with Crippen molar-refractivity contribution in [2.24, 2.45) is 0 Å². The normalized spacial score (nSPS) is 10.4. The first-order chi connectivity index (χ1) is 4.86. The Labute approximate surface area is 64.3 Å². The first-order valence-corrected chi connectivity index (χ1v) is 4.57. The Bertz CT molecular complexity index is 322. The van der Waals surface area contributed by atoms with E-state index in [4.69, 9.17) is 0 Å². The second-order valence-corrected chi connectivity index (χ2v) is 4.10. The van der Waals surface area contributed by atoms with E-state index in [1.165, 1.54) is 4.26 Å². The van der Waals surface area contributed by atoms with Gasteiger partial charge in [0.1, 0.15) is 0 Å². The molecule has 2 rings (SSSR count). The van der Waals surface area contributed by atoms with Crippen LogP contribution in [0.4, 0.5) is 0 Å². The van der Waals surface area contributed by atoms with E-state index in [-0.39, 0.29) is 14.7 Å². The van der Waals surface area contributed by atoms with Gasteiger partial charge in [-0.2, -0.15) is 0 Å². The fraction of sp³-hybridized carbons (Fsp3) is 0. The van der Waals surface area contributed by atoms with Crippen LogP contribution in [0.5, 0.6) is 0 Å². The molecule has 50 valence electrons. The number of rotatable bonds is 0. The van der Waals surface area contributed by atoms with Crippen molar-refractivity contribution in [3.8, 4) is 0 Å². The van der Waals surface area contributed by atoms with Crippen molar-refractivity contribution in [1.82, 2.24) is 0 Å². The molecule has 0 radical (unpaired) electrons. The second-order valence-electron chi connectivity index (χ2n) is 2.04. The van der Waals surface area contributed by atoms with E-state index in [1.807, 2.05) is 24.3 Å². The molecule has 0 N–H and O–H groups in total. The van der Waals surface area contributed by atoms with Gasteiger partial charge in [0.15, 0.2) is 0 Å². The molecule has 0 amide bonds. The van der Waals surface area contributed by atoms with Crippen LogP contribution in [0, 0.1) is 5.21 Å². The van der Waals surface area contributed by atoms with Gasteiger partial charge in [-0.1, -0.05) is 0 Å². The van der Waals surface area contributed by atoms with E-state index < -0.39 is 0 Å². The summed E-state index contributed by atoms with van der Waals surface area (Å²) in [5, 5.41) is 11.9. The average Bonchev–Trinajstić information content (AvgIpc) is 2.27. The molecule has 10 heavy (non-hydrogen) atoms. The van der Waals surface area contributed by atoms with Crippen LogP contribution in [-0.4, -0.2) is 14.7 Å². The predicted octanol–water partition coefficient (Wildman–Crippen LogP) is 0.530. The third kappa shape index (κ3) is 0.838. The predicted molar refractivity (Wildman–Crippen MR) is 39.8 cm³/mol. The van der Waals surface area contributed by atoms with Crippen molar-refractivity contribution < 1.29 is 3.73 Å². The topological polar surface area (TPSA) is 26.9 Å². The van der Waals surface area contributed by atoms with Crippen molar-refractivity contribution in [3.63, 3.8) is 0 Å².